The minimum atomic E-state index is -0.967. The second-order valence-electron chi connectivity index (χ2n) is 5.56. The molecule has 2 rings (SSSR count). The summed E-state index contributed by atoms with van der Waals surface area (Å²) < 4.78 is 5.14. The molecule has 5 nitrogen and oxygen atoms in total. The molecule has 1 heterocycles. The standard InChI is InChI=1S/C14H23NO4/c16-13(7-6-11-4-2-1-3-5-11)15-8-9-19-10-12(15)14(17)18/h11-12H,1-10H2,(H,17,18)/t12-/m0/s1. The Balaban J connectivity index is 1.81. The Kier molecular flexibility index (Phi) is 5.19. The van der Waals surface area contributed by atoms with Crippen molar-refractivity contribution in [3.63, 3.8) is 0 Å². The van der Waals surface area contributed by atoms with Crippen LogP contribution in [0.3, 0.4) is 0 Å². The second kappa shape index (κ2) is 6.89. The maximum absolute atomic E-state index is 12.2. The van der Waals surface area contributed by atoms with Gasteiger partial charge in [-0.2, -0.15) is 0 Å². The maximum atomic E-state index is 12.2. The van der Waals surface area contributed by atoms with Crippen LogP contribution in [-0.4, -0.2) is 47.7 Å². The van der Waals surface area contributed by atoms with E-state index in [0.717, 1.165) is 6.42 Å². The molecule has 1 aliphatic heterocycles. The number of hydrogen-bond donors (Lipinski definition) is 1. The molecule has 2 fully saturated rings. The second-order valence-corrected chi connectivity index (χ2v) is 5.56. The van der Waals surface area contributed by atoms with Gasteiger partial charge in [0.05, 0.1) is 13.2 Å². The Morgan fingerprint density at radius 2 is 1.95 bits per heavy atom. The van der Waals surface area contributed by atoms with Crippen LogP contribution in [0.2, 0.25) is 0 Å². The van der Waals surface area contributed by atoms with Crippen molar-refractivity contribution in [3.05, 3.63) is 0 Å². The first-order chi connectivity index (χ1) is 9.18. The molecule has 0 aromatic rings. The minimum absolute atomic E-state index is 0.0266. The summed E-state index contributed by atoms with van der Waals surface area (Å²) in [4.78, 5) is 24.7. The molecule has 0 unspecified atom stereocenters. The fraction of sp³-hybridized carbons (Fsp3) is 0.857. The monoisotopic (exact) mass is 269 g/mol. The number of morpholine rings is 1. The molecule has 0 spiro atoms. The number of carboxylic acid groups (broad SMARTS) is 1. The topological polar surface area (TPSA) is 66.8 Å². The Labute approximate surface area is 113 Å². The molecule has 1 amide bonds. The molecule has 1 aliphatic carbocycles. The molecule has 5 heteroatoms. The van der Waals surface area contributed by atoms with E-state index in [-0.39, 0.29) is 12.5 Å². The fourth-order valence-electron chi connectivity index (χ4n) is 3.05. The molecule has 19 heavy (non-hydrogen) atoms. The largest absolute Gasteiger partial charge is 0.480 e. The minimum Gasteiger partial charge on any atom is -0.480 e. The lowest BCUT2D eigenvalue weighted by atomic mass is 9.86. The number of carbonyl (C=O) groups excluding carboxylic acids is 1. The first-order valence-electron chi connectivity index (χ1n) is 7.28. The zero-order valence-corrected chi connectivity index (χ0v) is 11.3. The molecule has 2 aliphatic rings. The van der Waals surface area contributed by atoms with Crippen molar-refractivity contribution < 1.29 is 19.4 Å². The van der Waals surface area contributed by atoms with Crippen LogP contribution >= 0.6 is 0 Å². The SMILES string of the molecule is O=C(O)[C@@H]1COCCN1C(=O)CCC1CCCCC1. The number of nitrogens with zero attached hydrogens (tertiary/aromatic N) is 1. The van der Waals surface area contributed by atoms with Crippen molar-refractivity contribution >= 4 is 11.9 Å². The molecule has 1 N–H and O–H groups in total. The Bertz CT molecular complexity index is 325. The number of aliphatic carboxylic acids is 1. The lowest BCUT2D eigenvalue weighted by Crippen LogP contribution is -2.52. The van der Waals surface area contributed by atoms with Crippen molar-refractivity contribution in [1.82, 2.24) is 4.90 Å². The zero-order valence-electron chi connectivity index (χ0n) is 11.3. The molecule has 0 aromatic heterocycles. The lowest BCUT2D eigenvalue weighted by molar-refractivity contribution is -0.158. The highest BCUT2D eigenvalue weighted by molar-refractivity contribution is 5.84. The van der Waals surface area contributed by atoms with Crippen LogP contribution in [0, 0.1) is 5.92 Å². The van der Waals surface area contributed by atoms with E-state index in [4.69, 9.17) is 9.84 Å². The first-order valence-corrected chi connectivity index (χ1v) is 7.28. The van der Waals surface area contributed by atoms with Crippen LogP contribution in [-0.2, 0) is 14.3 Å². The number of carboxylic acids is 1. The summed E-state index contributed by atoms with van der Waals surface area (Å²) in [7, 11) is 0. The van der Waals surface area contributed by atoms with E-state index in [2.05, 4.69) is 0 Å². The number of hydrogen-bond acceptors (Lipinski definition) is 3. The van der Waals surface area contributed by atoms with E-state index in [1.807, 2.05) is 0 Å². The first kappa shape index (κ1) is 14.3. The van der Waals surface area contributed by atoms with Crippen molar-refractivity contribution in [2.75, 3.05) is 19.8 Å². The zero-order chi connectivity index (χ0) is 13.7. The molecular weight excluding hydrogens is 246 g/mol. The average molecular weight is 269 g/mol. The molecule has 1 atom stereocenters. The highest BCUT2D eigenvalue weighted by atomic mass is 16.5. The Hall–Kier alpha value is -1.10. The third-order valence-electron chi connectivity index (χ3n) is 4.23. The van der Waals surface area contributed by atoms with Gasteiger partial charge in [0.2, 0.25) is 5.91 Å². The third kappa shape index (κ3) is 3.93. The Morgan fingerprint density at radius 3 is 2.63 bits per heavy atom. The van der Waals surface area contributed by atoms with Gasteiger partial charge in [0.15, 0.2) is 6.04 Å². The predicted molar refractivity (Wildman–Crippen MR) is 69.8 cm³/mol. The fourth-order valence-corrected chi connectivity index (χ4v) is 3.05. The lowest BCUT2D eigenvalue weighted by Gasteiger charge is -2.33. The van der Waals surface area contributed by atoms with Crippen LogP contribution in [0.15, 0.2) is 0 Å². The number of amides is 1. The van der Waals surface area contributed by atoms with Gasteiger partial charge in [-0.3, -0.25) is 4.79 Å². The van der Waals surface area contributed by atoms with E-state index >= 15 is 0 Å². The van der Waals surface area contributed by atoms with Crippen molar-refractivity contribution in [3.8, 4) is 0 Å². The summed E-state index contributed by atoms with van der Waals surface area (Å²) in [6, 6.07) is -0.799. The van der Waals surface area contributed by atoms with E-state index in [9.17, 15) is 9.59 Å². The van der Waals surface area contributed by atoms with Crippen LogP contribution in [0.4, 0.5) is 0 Å². The van der Waals surface area contributed by atoms with E-state index < -0.39 is 12.0 Å². The smallest absolute Gasteiger partial charge is 0.328 e. The molecule has 1 saturated carbocycles. The van der Waals surface area contributed by atoms with Crippen LogP contribution in [0.5, 0.6) is 0 Å². The molecule has 1 saturated heterocycles. The van der Waals surface area contributed by atoms with Gasteiger partial charge in [-0.1, -0.05) is 32.1 Å². The van der Waals surface area contributed by atoms with E-state index in [0.29, 0.717) is 25.5 Å². The number of carbonyl (C=O) groups is 2. The highest BCUT2D eigenvalue weighted by Gasteiger charge is 2.32. The predicted octanol–water partition coefficient (Wildman–Crippen LogP) is 1.66. The summed E-state index contributed by atoms with van der Waals surface area (Å²) in [6.07, 6.45) is 7.69. The summed E-state index contributed by atoms with van der Waals surface area (Å²) >= 11 is 0. The van der Waals surface area contributed by atoms with Gasteiger partial charge in [0.1, 0.15) is 0 Å². The van der Waals surface area contributed by atoms with Crippen LogP contribution in [0.1, 0.15) is 44.9 Å². The van der Waals surface area contributed by atoms with E-state index in [1.54, 1.807) is 0 Å². The summed E-state index contributed by atoms with van der Waals surface area (Å²) in [6.45, 7) is 0.962. The van der Waals surface area contributed by atoms with Crippen LogP contribution in [0.25, 0.3) is 0 Å². The van der Waals surface area contributed by atoms with Gasteiger partial charge in [-0.05, 0) is 12.3 Å². The summed E-state index contributed by atoms with van der Waals surface area (Å²) in [5.41, 5.74) is 0. The van der Waals surface area contributed by atoms with E-state index in [1.165, 1.54) is 37.0 Å². The third-order valence-corrected chi connectivity index (χ3v) is 4.23. The van der Waals surface area contributed by atoms with Crippen molar-refractivity contribution in [2.45, 2.75) is 51.0 Å². The van der Waals surface area contributed by atoms with Gasteiger partial charge >= 0.3 is 5.97 Å². The summed E-state index contributed by atoms with van der Waals surface area (Å²) in [5, 5.41) is 9.10. The van der Waals surface area contributed by atoms with Gasteiger partial charge < -0.3 is 14.7 Å². The number of rotatable bonds is 4. The van der Waals surface area contributed by atoms with Crippen LogP contribution < -0.4 is 0 Å². The summed E-state index contributed by atoms with van der Waals surface area (Å²) in [5.74, 6) is -0.339. The molecule has 0 radical (unpaired) electrons. The van der Waals surface area contributed by atoms with Gasteiger partial charge in [-0.25, -0.2) is 4.79 Å². The van der Waals surface area contributed by atoms with Crippen molar-refractivity contribution in [1.29, 1.82) is 0 Å². The average Bonchev–Trinajstić information content (AvgIpc) is 2.46. The quantitative estimate of drug-likeness (QED) is 0.843. The molecule has 108 valence electrons. The molecule has 0 aromatic carbocycles. The Morgan fingerprint density at radius 1 is 1.21 bits per heavy atom. The maximum Gasteiger partial charge on any atom is 0.328 e. The van der Waals surface area contributed by atoms with Gasteiger partial charge in [0.25, 0.3) is 0 Å². The number of ether oxygens (including phenoxy) is 1. The normalized spacial score (nSPS) is 25.3. The highest BCUT2D eigenvalue weighted by Crippen LogP contribution is 2.27. The van der Waals surface area contributed by atoms with Gasteiger partial charge in [0, 0.05) is 13.0 Å². The van der Waals surface area contributed by atoms with Gasteiger partial charge in [-0.15, -0.1) is 0 Å². The van der Waals surface area contributed by atoms with Crippen molar-refractivity contribution in [2.24, 2.45) is 5.92 Å². The molecule has 0 bridgehead atoms. The molecular formula is C14H23NO4.